The highest BCUT2D eigenvalue weighted by Gasteiger charge is 2.58. The van der Waals surface area contributed by atoms with Crippen molar-refractivity contribution in [3.8, 4) is 0 Å². The first-order valence-electron chi connectivity index (χ1n) is 9.57. The molecule has 0 radical (unpaired) electrons. The molecule has 0 aliphatic heterocycles. The smallest absolute Gasteiger partial charge is 0.328 e. The first-order chi connectivity index (χ1) is 11.5. The second-order valence-electron chi connectivity index (χ2n) is 9.39. The summed E-state index contributed by atoms with van der Waals surface area (Å²) in [6.45, 7) is 11.7. The quantitative estimate of drug-likeness (QED) is 0.542. The lowest BCUT2D eigenvalue weighted by Crippen LogP contribution is -2.58. The lowest BCUT2D eigenvalue weighted by atomic mass is 9.45. The summed E-state index contributed by atoms with van der Waals surface area (Å²) in [5, 5.41) is 8.97. The zero-order valence-corrected chi connectivity index (χ0v) is 16.4. The van der Waals surface area contributed by atoms with Crippen LogP contribution in [-0.2, 0) is 14.3 Å². The van der Waals surface area contributed by atoms with E-state index in [-0.39, 0.29) is 11.3 Å². The molecule has 0 aromatic heterocycles. The highest BCUT2D eigenvalue weighted by molar-refractivity contribution is 5.80. The molecule has 0 bridgehead atoms. The van der Waals surface area contributed by atoms with Crippen LogP contribution in [0.1, 0.15) is 79.6 Å². The summed E-state index contributed by atoms with van der Waals surface area (Å²) in [6, 6.07) is 0. The molecular formula is C21H34O4. The van der Waals surface area contributed by atoms with Crippen LogP contribution in [0.4, 0.5) is 0 Å². The Morgan fingerprint density at radius 2 is 1.88 bits per heavy atom. The fraction of sp³-hybridized carbons (Fsp3) is 0.810. The molecule has 0 spiro atoms. The van der Waals surface area contributed by atoms with Crippen LogP contribution in [0.3, 0.4) is 0 Å². The van der Waals surface area contributed by atoms with Crippen molar-refractivity contribution in [1.29, 1.82) is 0 Å². The van der Waals surface area contributed by atoms with Gasteiger partial charge in [0.25, 0.3) is 6.47 Å². The third-order valence-corrected chi connectivity index (χ3v) is 7.25. The summed E-state index contributed by atoms with van der Waals surface area (Å²) in [6.07, 6.45) is 8.49. The monoisotopic (exact) mass is 350 g/mol. The molecule has 2 aliphatic rings. The van der Waals surface area contributed by atoms with Gasteiger partial charge in [0.1, 0.15) is 5.60 Å². The Balaban J connectivity index is 2.32. The molecule has 1 N–H and O–H groups in total. The van der Waals surface area contributed by atoms with E-state index in [0.29, 0.717) is 17.8 Å². The van der Waals surface area contributed by atoms with Crippen molar-refractivity contribution in [3.05, 3.63) is 11.6 Å². The van der Waals surface area contributed by atoms with E-state index >= 15 is 0 Å². The second kappa shape index (κ2) is 7.13. The van der Waals surface area contributed by atoms with Gasteiger partial charge in [-0.1, -0.05) is 32.8 Å². The molecule has 0 unspecified atom stereocenters. The molecule has 2 rings (SSSR count). The van der Waals surface area contributed by atoms with Gasteiger partial charge in [-0.25, -0.2) is 4.79 Å². The average molecular weight is 350 g/mol. The largest absolute Gasteiger partial charge is 0.478 e. The molecule has 0 saturated heterocycles. The number of hydrogen-bond acceptors (Lipinski definition) is 3. The first kappa shape index (κ1) is 20.0. The molecule has 2 aliphatic carbocycles. The standard InChI is InChI=1S/C21H34O4/c1-15(13-18(23)24)7-8-17-20(4)11-6-10-19(2,3)16(20)9-12-21(17,5)25-14-22/h13-14,16-17H,6-12H2,1-5H3,(H,23,24)/t16-,17-,20+,21-/m1/s1. The van der Waals surface area contributed by atoms with Crippen molar-refractivity contribution in [2.45, 2.75) is 85.2 Å². The number of rotatable bonds is 6. The number of allylic oxidation sites excluding steroid dienone is 1. The van der Waals surface area contributed by atoms with E-state index in [1.54, 1.807) is 0 Å². The molecule has 4 nitrogen and oxygen atoms in total. The molecule has 4 heteroatoms. The maximum atomic E-state index is 11.2. The Kier molecular flexibility index (Phi) is 5.70. The van der Waals surface area contributed by atoms with Crippen molar-refractivity contribution in [2.75, 3.05) is 0 Å². The average Bonchev–Trinajstić information content (AvgIpc) is 2.44. The number of carboxylic acids is 1. The van der Waals surface area contributed by atoms with Crippen LogP contribution in [0.15, 0.2) is 11.6 Å². The Morgan fingerprint density at radius 1 is 1.20 bits per heavy atom. The lowest BCUT2D eigenvalue weighted by Gasteiger charge is -2.61. The number of aliphatic carboxylic acids is 1. The summed E-state index contributed by atoms with van der Waals surface area (Å²) in [7, 11) is 0. The Labute approximate surface area is 152 Å². The van der Waals surface area contributed by atoms with Gasteiger partial charge in [-0.2, -0.15) is 0 Å². The fourth-order valence-corrected chi connectivity index (χ4v) is 6.15. The molecule has 0 aromatic carbocycles. The summed E-state index contributed by atoms with van der Waals surface area (Å²) >= 11 is 0. The van der Waals surface area contributed by atoms with Crippen molar-refractivity contribution in [3.63, 3.8) is 0 Å². The molecule has 0 heterocycles. The van der Waals surface area contributed by atoms with Crippen molar-refractivity contribution in [2.24, 2.45) is 22.7 Å². The minimum absolute atomic E-state index is 0.126. The van der Waals surface area contributed by atoms with Crippen LogP contribution >= 0.6 is 0 Å². The van der Waals surface area contributed by atoms with Crippen molar-refractivity contribution >= 4 is 12.4 Å². The maximum Gasteiger partial charge on any atom is 0.328 e. The number of carbonyl (C=O) groups excluding carboxylic acids is 1. The summed E-state index contributed by atoms with van der Waals surface area (Å²) in [5.74, 6) is -0.0255. The first-order valence-corrected chi connectivity index (χ1v) is 9.57. The second-order valence-corrected chi connectivity index (χ2v) is 9.39. The van der Waals surface area contributed by atoms with Crippen molar-refractivity contribution in [1.82, 2.24) is 0 Å². The molecular weight excluding hydrogens is 316 g/mol. The highest BCUT2D eigenvalue weighted by atomic mass is 16.5. The van der Waals surface area contributed by atoms with Gasteiger partial charge in [0.2, 0.25) is 0 Å². The molecule has 2 fully saturated rings. The number of carboxylic acid groups (broad SMARTS) is 1. The Bertz CT molecular complexity index is 550. The van der Waals surface area contributed by atoms with Gasteiger partial charge in [-0.3, -0.25) is 4.79 Å². The molecule has 2 saturated carbocycles. The molecule has 0 amide bonds. The van der Waals surface area contributed by atoms with Gasteiger partial charge in [0.05, 0.1) is 0 Å². The third-order valence-electron chi connectivity index (χ3n) is 7.25. The Hall–Kier alpha value is -1.32. The lowest BCUT2D eigenvalue weighted by molar-refractivity contribution is -0.190. The van der Waals surface area contributed by atoms with Gasteiger partial charge in [0.15, 0.2) is 0 Å². The van der Waals surface area contributed by atoms with Gasteiger partial charge in [-0.05, 0) is 69.1 Å². The van der Waals surface area contributed by atoms with Gasteiger partial charge >= 0.3 is 5.97 Å². The summed E-state index contributed by atoms with van der Waals surface area (Å²) in [4.78, 5) is 22.1. The van der Waals surface area contributed by atoms with Crippen LogP contribution in [0, 0.1) is 22.7 Å². The molecule has 4 atom stereocenters. The van der Waals surface area contributed by atoms with Crippen LogP contribution in [0.5, 0.6) is 0 Å². The third kappa shape index (κ3) is 3.93. The fourth-order valence-electron chi connectivity index (χ4n) is 6.15. The topological polar surface area (TPSA) is 63.6 Å². The van der Waals surface area contributed by atoms with Crippen LogP contribution in [0.25, 0.3) is 0 Å². The normalized spacial score (nSPS) is 37.9. The van der Waals surface area contributed by atoms with E-state index in [2.05, 4.69) is 27.7 Å². The minimum Gasteiger partial charge on any atom is -0.478 e. The Morgan fingerprint density at radius 3 is 2.48 bits per heavy atom. The zero-order valence-electron chi connectivity index (χ0n) is 16.4. The highest BCUT2D eigenvalue weighted by Crippen LogP contribution is 2.63. The van der Waals surface area contributed by atoms with Crippen LogP contribution < -0.4 is 0 Å². The summed E-state index contributed by atoms with van der Waals surface area (Å²) in [5.41, 5.74) is 0.854. The van der Waals surface area contributed by atoms with E-state index in [1.165, 1.54) is 18.9 Å². The number of carbonyl (C=O) groups is 2. The van der Waals surface area contributed by atoms with E-state index in [0.717, 1.165) is 37.7 Å². The number of hydrogen-bond donors (Lipinski definition) is 1. The van der Waals surface area contributed by atoms with Gasteiger partial charge < -0.3 is 9.84 Å². The molecule has 25 heavy (non-hydrogen) atoms. The number of fused-ring (bicyclic) bond motifs is 1. The van der Waals surface area contributed by atoms with E-state index in [9.17, 15) is 9.59 Å². The van der Waals surface area contributed by atoms with E-state index in [4.69, 9.17) is 9.84 Å². The zero-order chi connectivity index (χ0) is 18.9. The number of ether oxygens (including phenoxy) is 1. The van der Waals surface area contributed by atoms with Crippen molar-refractivity contribution < 1.29 is 19.4 Å². The predicted octanol–water partition coefficient (Wildman–Crippen LogP) is 4.97. The van der Waals surface area contributed by atoms with Gasteiger partial charge in [0, 0.05) is 12.0 Å². The summed E-state index contributed by atoms with van der Waals surface area (Å²) < 4.78 is 5.66. The molecule has 142 valence electrons. The minimum atomic E-state index is -0.893. The van der Waals surface area contributed by atoms with Crippen LogP contribution in [0.2, 0.25) is 0 Å². The van der Waals surface area contributed by atoms with E-state index < -0.39 is 11.6 Å². The SMILES string of the molecule is CC(=CC(=O)O)CC[C@@H]1[C@@]2(C)CCCC(C)(C)[C@H]2CC[C@@]1(C)OC=O. The maximum absolute atomic E-state index is 11.2. The van der Waals surface area contributed by atoms with E-state index in [1.807, 2.05) is 6.92 Å². The van der Waals surface area contributed by atoms with Gasteiger partial charge in [-0.15, -0.1) is 0 Å². The predicted molar refractivity (Wildman–Crippen MR) is 98.1 cm³/mol. The molecule has 0 aromatic rings. The van der Waals surface area contributed by atoms with Crippen LogP contribution in [-0.4, -0.2) is 23.1 Å².